The van der Waals surface area contributed by atoms with Crippen molar-refractivity contribution in [1.29, 1.82) is 0 Å². The molecule has 2 saturated carbocycles. The first-order valence-corrected chi connectivity index (χ1v) is 7.96. The summed E-state index contributed by atoms with van der Waals surface area (Å²) in [5.41, 5.74) is 0.485. The molecule has 1 spiro atoms. The predicted octanol–water partition coefficient (Wildman–Crippen LogP) is 2.62. The van der Waals surface area contributed by atoms with E-state index in [9.17, 15) is 0 Å². The van der Waals surface area contributed by atoms with Crippen molar-refractivity contribution in [2.75, 3.05) is 13.2 Å². The third-order valence-corrected chi connectivity index (χ3v) is 5.49. The lowest BCUT2D eigenvalue weighted by Crippen LogP contribution is -2.67. The van der Waals surface area contributed by atoms with E-state index in [0.717, 1.165) is 19.6 Å². The first-order chi connectivity index (χ1) is 8.85. The second-order valence-corrected chi connectivity index (χ2v) is 6.43. The number of aromatic nitrogens is 1. The van der Waals surface area contributed by atoms with E-state index >= 15 is 0 Å². The molecule has 2 unspecified atom stereocenters. The number of hydrogen-bond donors (Lipinski definition) is 1. The average molecular weight is 266 g/mol. The SMILES string of the molecule is CCOC1CC(NCCc2nccs2)C12CCC2. The van der Waals surface area contributed by atoms with E-state index in [0.29, 0.717) is 17.6 Å². The van der Waals surface area contributed by atoms with Gasteiger partial charge in [0.15, 0.2) is 0 Å². The Bertz CT molecular complexity index is 375. The van der Waals surface area contributed by atoms with E-state index in [-0.39, 0.29) is 0 Å². The van der Waals surface area contributed by atoms with Gasteiger partial charge < -0.3 is 10.1 Å². The van der Waals surface area contributed by atoms with E-state index in [1.54, 1.807) is 11.3 Å². The molecule has 1 aromatic rings. The molecule has 18 heavy (non-hydrogen) atoms. The Labute approximate surface area is 113 Å². The molecule has 0 saturated heterocycles. The van der Waals surface area contributed by atoms with Crippen LogP contribution in [0.25, 0.3) is 0 Å². The number of hydrogen-bond acceptors (Lipinski definition) is 4. The van der Waals surface area contributed by atoms with Gasteiger partial charge in [0.2, 0.25) is 0 Å². The molecule has 1 aromatic heterocycles. The van der Waals surface area contributed by atoms with Crippen molar-refractivity contribution in [2.45, 2.75) is 51.2 Å². The molecule has 2 aliphatic rings. The van der Waals surface area contributed by atoms with Gasteiger partial charge in [-0.25, -0.2) is 4.98 Å². The van der Waals surface area contributed by atoms with Crippen molar-refractivity contribution in [1.82, 2.24) is 10.3 Å². The number of rotatable bonds is 6. The highest BCUT2D eigenvalue weighted by molar-refractivity contribution is 7.09. The molecule has 2 atom stereocenters. The second-order valence-electron chi connectivity index (χ2n) is 5.45. The minimum absolute atomic E-state index is 0.485. The van der Waals surface area contributed by atoms with Crippen LogP contribution in [0, 0.1) is 5.41 Å². The van der Waals surface area contributed by atoms with E-state index < -0.39 is 0 Å². The Kier molecular flexibility index (Phi) is 3.68. The van der Waals surface area contributed by atoms with Crippen LogP contribution in [0.1, 0.15) is 37.6 Å². The molecular weight excluding hydrogens is 244 g/mol. The molecule has 1 heterocycles. The topological polar surface area (TPSA) is 34.1 Å². The van der Waals surface area contributed by atoms with E-state index in [2.05, 4.69) is 22.6 Å². The van der Waals surface area contributed by atoms with Crippen LogP contribution >= 0.6 is 11.3 Å². The summed E-state index contributed by atoms with van der Waals surface area (Å²) < 4.78 is 5.87. The van der Waals surface area contributed by atoms with Gasteiger partial charge in [-0.05, 0) is 26.2 Å². The molecule has 0 aliphatic heterocycles. The zero-order chi connectivity index (χ0) is 12.4. The summed E-state index contributed by atoms with van der Waals surface area (Å²) in [6.07, 6.45) is 8.76. The molecule has 2 aliphatic carbocycles. The van der Waals surface area contributed by atoms with E-state index in [1.807, 2.05) is 6.20 Å². The maximum Gasteiger partial charge on any atom is 0.0937 e. The maximum atomic E-state index is 5.87. The molecule has 0 radical (unpaired) electrons. The minimum Gasteiger partial charge on any atom is -0.378 e. The van der Waals surface area contributed by atoms with Crippen LogP contribution in [-0.4, -0.2) is 30.3 Å². The Morgan fingerprint density at radius 2 is 2.44 bits per heavy atom. The van der Waals surface area contributed by atoms with Gasteiger partial charge in [0.05, 0.1) is 11.1 Å². The van der Waals surface area contributed by atoms with Gasteiger partial charge in [-0.15, -0.1) is 11.3 Å². The monoisotopic (exact) mass is 266 g/mol. The van der Waals surface area contributed by atoms with Gasteiger partial charge in [0, 0.05) is 42.6 Å². The van der Waals surface area contributed by atoms with Crippen LogP contribution in [0.3, 0.4) is 0 Å². The lowest BCUT2D eigenvalue weighted by molar-refractivity contribution is -0.172. The van der Waals surface area contributed by atoms with E-state index in [1.165, 1.54) is 30.7 Å². The first-order valence-electron chi connectivity index (χ1n) is 7.08. The van der Waals surface area contributed by atoms with Gasteiger partial charge in [0.25, 0.3) is 0 Å². The number of nitrogens with one attached hydrogen (secondary N) is 1. The van der Waals surface area contributed by atoms with Crippen molar-refractivity contribution >= 4 is 11.3 Å². The highest BCUT2D eigenvalue weighted by atomic mass is 32.1. The Balaban J connectivity index is 1.46. The number of nitrogens with zero attached hydrogens (tertiary/aromatic N) is 1. The zero-order valence-electron chi connectivity index (χ0n) is 11.0. The fourth-order valence-corrected chi connectivity index (χ4v) is 4.07. The molecule has 3 nitrogen and oxygen atoms in total. The van der Waals surface area contributed by atoms with Crippen LogP contribution in [0.2, 0.25) is 0 Å². The van der Waals surface area contributed by atoms with Crippen LogP contribution in [0.4, 0.5) is 0 Å². The second kappa shape index (κ2) is 5.27. The van der Waals surface area contributed by atoms with Gasteiger partial charge in [-0.3, -0.25) is 0 Å². The summed E-state index contributed by atoms with van der Waals surface area (Å²) in [7, 11) is 0. The van der Waals surface area contributed by atoms with Crippen LogP contribution in [0.15, 0.2) is 11.6 Å². The standard InChI is InChI=1S/C14H22N2OS/c1-2-17-12-10-11(14(12)5-3-6-14)15-7-4-13-16-8-9-18-13/h8-9,11-12,15H,2-7,10H2,1H3. The van der Waals surface area contributed by atoms with Crippen LogP contribution in [-0.2, 0) is 11.2 Å². The predicted molar refractivity (Wildman–Crippen MR) is 73.9 cm³/mol. The molecule has 100 valence electrons. The lowest BCUT2D eigenvalue weighted by atomic mass is 9.51. The Morgan fingerprint density at radius 1 is 1.56 bits per heavy atom. The number of ether oxygens (including phenoxy) is 1. The Morgan fingerprint density at radius 3 is 3.06 bits per heavy atom. The van der Waals surface area contributed by atoms with Gasteiger partial charge in [-0.1, -0.05) is 6.42 Å². The zero-order valence-corrected chi connectivity index (χ0v) is 11.8. The fourth-order valence-electron chi connectivity index (χ4n) is 3.45. The lowest BCUT2D eigenvalue weighted by Gasteiger charge is -2.61. The minimum atomic E-state index is 0.485. The molecule has 2 fully saturated rings. The summed E-state index contributed by atoms with van der Waals surface area (Å²) in [5.74, 6) is 0. The third kappa shape index (κ3) is 2.10. The smallest absolute Gasteiger partial charge is 0.0937 e. The van der Waals surface area contributed by atoms with Gasteiger partial charge >= 0.3 is 0 Å². The van der Waals surface area contributed by atoms with Crippen molar-refractivity contribution < 1.29 is 4.74 Å². The average Bonchev–Trinajstić information content (AvgIpc) is 2.77. The highest BCUT2D eigenvalue weighted by Crippen LogP contribution is 2.57. The van der Waals surface area contributed by atoms with Crippen molar-refractivity contribution in [3.63, 3.8) is 0 Å². The van der Waals surface area contributed by atoms with Gasteiger partial charge in [0.1, 0.15) is 0 Å². The molecule has 0 bridgehead atoms. The van der Waals surface area contributed by atoms with E-state index in [4.69, 9.17) is 4.74 Å². The quantitative estimate of drug-likeness (QED) is 0.859. The van der Waals surface area contributed by atoms with Crippen LogP contribution < -0.4 is 5.32 Å². The summed E-state index contributed by atoms with van der Waals surface area (Å²) in [6.45, 7) is 4.02. The molecule has 0 amide bonds. The molecular formula is C14H22N2OS. The first kappa shape index (κ1) is 12.6. The van der Waals surface area contributed by atoms with Crippen molar-refractivity contribution in [3.05, 3.63) is 16.6 Å². The van der Waals surface area contributed by atoms with Gasteiger partial charge in [-0.2, -0.15) is 0 Å². The highest BCUT2D eigenvalue weighted by Gasteiger charge is 2.58. The molecule has 0 aromatic carbocycles. The summed E-state index contributed by atoms with van der Waals surface area (Å²) in [5, 5.41) is 7.02. The van der Waals surface area contributed by atoms with Crippen molar-refractivity contribution in [3.8, 4) is 0 Å². The number of thiazole rings is 1. The van der Waals surface area contributed by atoms with Crippen LogP contribution in [0.5, 0.6) is 0 Å². The Hall–Kier alpha value is -0.450. The third-order valence-electron chi connectivity index (χ3n) is 4.65. The van der Waals surface area contributed by atoms with Crippen molar-refractivity contribution in [2.24, 2.45) is 5.41 Å². The molecule has 3 rings (SSSR count). The summed E-state index contributed by atoms with van der Waals surface area (Å²) in [4.78, 5) is 4.33. The summed E-state index contributed by atoms with van der Waals surface area (Å²) in [6, 6.07) is 0.683. The molecule has 4 heteroatoms. The summed E-state index contributed by atoms with van der Waals surface area (Å²) >= 11 is 1.75. The largest absolute Gasteiger partial charge is 0.378 e. The maximum absolute atomic E-state index is 5.87. The normalized spacial score (nSPS) is 28.9. The fraction of sp³-hybridized carbons (Fsp3) is 0.786. The molecule has 1 N–H and O–H groups in total.